The van der Waals surface area contributed by atoms with Gasteiger partial charge < -0.3 is 20.5 Å². The summed E-state index contributed by atoms with van der Waals surface area (Å²) < 4.78 is 5.59. The molecule has 2 heterocycles. The molecule has 0 radical (unpaired) electrons. The molecule has 2 aromatic rings. The number of hydrogen-bond donors (Lipinski definition) is 2. The molecule has 0 aliphatic carbocycles. The van der Waals surface area contributed by atoms with Gasteiger partial charge in [0.05, 0.1) is 24.8 Å². The van der Waals surface area contributed by atoms with Gasteiger partial charge in [0, 0.05) is 35.5 Å². The molecule has 5 nitrogen and oxygen atoms in total. The Hall–Kier alpha value is -1.85. The van der Waals surface area contributed by atoms with Gasteiger partial charge in [0.2, 0.25) is 0 Å². The van der Waals surface area contributed by atoms with Gasteiger partial charge in [-0.05, 0) is 31.2 Å². The quantitative estimate of drug-likeness (QED) is 0.809. The van der Waals surface area contributed by atoms with Gasteiger partial charge in [-0.25, -0.2) is 0 Å². The number of benzene rings is 1. The highest BCUT2D eigenvalue weighted by Crippen LogP contribution is 2.29. The first kappa shape index (κ1) is 13.1. The molecular formula is C15H19N3O2. The standard InChI is InChI=1S/C15H19N3O2/c1-10-9-20-12(8-19)7-18(10)15-4-5-17-14-6-11(16)2-3-13(14)15/h2-6,10,12,19H,7-9,16H2,1H3. The second-order valence-electron chi connectivity index (χ2n) is 5.25. The maximum absolute atomic E-state index is 9.31. The van der Waals surface area contributed by atoms with Gasteiger partial charge in [0.15, 0.2) is 0 Å². The summed E-state index contributed by atoms with van der Waals surface area (Å²) in [5.74, 6) is 0. The number of aliphatic hydroxyl groups is 1. The summed E-state index contributed by atoms with van der Waals surface area (Å²) in [6.45, 7) is 3.46. The van der Waals surface area contributed by atoms with Crippen molar-refractivity contribution in [2.75, 3.05) is 30.4 Å². The van der Waals surface area contributed by atoms with Gasteiger partial charge in [-0.15, -0.1) is 0 Å². The fourth-order valence-electron chi connectivity index (χ4n) is 2.66. The van der Waals surface area contributed by atoms with E-state index in [4.69, 9.17) is 10.5 Å². The molecule has 0 spiro atoms. The lowest BCUT2D eigenvalue weighted by Gasteiger charge is -2.39. The number of ether oxygens (including phenoxy) is 1. The molecule has 20 heavy (non-hydrogen) atoms. The zero-order valence-electron chi connectivity index (χ0n) is 11.5. The predicted molar refractivity (Wildman–Crippen MR) is 79.8 cm³/mol. The van der Waals surface area contributed by atoms with Crippen molar-refractivity contribution in [3.8, 4) is 0 Å². The molecule has 1 aromatic heterocycles. The van der Waals surface area contributed by atoms with E-state index < -0.39 is 0 Å². The highest BCUT2D eigenvalue weighted by atomic mass is 16.5. The molecule has 106 valence electrons. The molecule has 2 atom stereocenters. The lowest BCUT2D eigenvalue weighted by atomic mass is 10.1. The predicted octanol–water partition coefficient (Wildman–Crippen LogP) is 1.40. The van der Waals surface area contributed by atoms with Gasteiger partial charge in [-0.1, -0.05) is 0 Å². The Morgan fingerprint density at radius 3 is 3.10 bits per heavy atom. The minimum Gasteiger partial charge on any atom is -0.399 e. The number of aromatic nitrogens is 1. The van der Waals surface area contributed by atoms with Crippen molar-refractivity contribution in [1.29, 1.82) is 0 Å². The monoisotopic (exact) mass is 273 g/mol. The largest absolute Gasteiger partial charge is 0.399 e. The molecule has 0 amide bonds. The Labute approximate surface area is 118 Å². The first-order valence-electron chi connectivity index (χ1n) is 6.82. The topological polar surface area (TPSA) is 71.6 Å². The van der Waals surface area contributed by atoms with Crippen molar-refractivity contribution in [3.63, 3.8) is 0 Å². The number of pyridine rings is 1. The maximum Gasteiger partial charge on any atom is 0.0981 e. The fraction of sp³-hybridized carbons (Fsp3) is 0.400. The Morgan fingerprint density at radius 2 is 2.30 bits per heavy atom. The summed E-state index contributed by atoms with van der Waals surface area (Å²) in [6, 6.07) is 8.05. The number of aliphatic hydroxyl groups excluding tert-OH is 1. The van der Waals surface area contributed by atoms with E-state index in [9.17, 15) is 5.11 Å². The third-order valence-corrected chi connectivity index (χ3v) is 3.76. The third kappa shape index (κ3) is 2.30. The number of nitrogen functional groups attached to an aromatic ring is 1. The van der Waals surface area contributed by atoms with E-state index in [1.165, 1.54) is 0 Å². The molecule has 1 aromatic carbocycles. The molecule has 3 rings (SSSR count). The maximum atomic E-state index is 9.31. The summed E-state index contributed by atoms with van der Waals surface area (Å²) in [5.41, 5.74) is 8.54. The number of hydrogen-bond acceptors (Lipinski definition) is 5. The van der Waals surface area contributed by atoms with Crippen LogP contribution in [0.2, 0.25) is 0 Å². The van der Waals surface area contributed by atoms with E-state index >= 15 is 0 Å². The lowest BCUT2D eigenvalue weighted by molar-refractivity contribution is -0.0102. The third-order valence-electron chi connectivity index (χ3n) is 3.76. The van der Waals surface area contributed by atoms with Crippen molar-refractivity contribution in [2.24, 2.45) is 0 Å². The first-order chi connectivity index (χ1) is 9.69. The Morgan fingerprint density at radius 1 is 1.45 bits per heavy atom. The van der Waals surface area contributed by atoms with Crippen molar-refractivity contribution >= 4 is 22.3 Å². The molecule has 0 saturated carbocycles. The van der Waals surface area contributed by atoms with Gasteiger partial charge in [0.25, 0.3) is 0 Å². The second kappa shape index (κ2) is 5.26. The van der Waals surface area contributed by atoms with E-state index in [1.807, 2.05) is 24.3 Å². The van der Waals surface area contributed by atoms with Gasteiger partial charge >= 0.3 is 0 Å². The van der Waals surface area contributed by atoms with E-state index in [-0.39, 0.29) is 18.8 Å². The van der Waals surface area contributed by atoms with Gasteiger partial charge in [-0.2, -0.15) is 0 Å². The zero-order valence-corrected chi connectivity index (χ0v) is 11.5. The minimum absolute atomic E-state index is 0.0409. The molecule has 2 unspecified atom stereocenters. The van der Waals surface area contributed by atoms with Crippen LogP contribution in [-0.2, 0) is 4.74 Å². The number of rotatable bonds is 2. The van der Waals surface area contributed by atoms with E-state index in [0.717, 1.165) is 16.6 Å². The smallest absolute Gasteiger partial charge is 0.0981 e. The van der Waals surface area contributed by atoms with Crippen LogP contribution in [0, 0.1) is 0 Å². The first-order valence-corrected chi connectivity index (χ1v) is 6.82. The molecule has 1 fully saturated rings. The normalized spacial score (nSPS) is 23.2. The summed E-state index contributed by atoms with van der Waals surface area (Å²) in [6.07, 6.45) is 1.66. The number of nitrogens with zero attached hydrogens (tertiary/aromatic N) is 2. The average molecular weight is 273 g/mol. The number of morpholine rings is 1. The highest BCUT2D eigenvalue weighted by molar-refractivity contribution is 5.93. The molecule has 1 saturated heterocycles. The Balaban J connectivity index is 2.04. The van der Waals surface area contributed by atoms with Crippen LogP contribution in [-0.4, -0.2) is 42.0 Å². The molecule has 0 bridgehead atoms. The number of nitrogens with two attached hydrogens (primary N) is 1. The Kier molecular flexibility index (Phi) is 3.46. The van der Waals surface area contributed by atoms with Crippen molar-refractivity contribution in [1.82, 2.24) is 4.98 Å². The molecular weight excluding hydrogens is 254 g/mol. The molecule has 1 aliphatic rings. The SMILES string of the molecule is CC1COC(CO)CN1c1ccnc2cc(N)ccc12. The lowest BCUT2D eigenvalue weighted by Crippen LogP contribution is -2.49. The zero-order chi connectivity index (χ0) is 14.1. The van der Waals surface area contributed by atoms with Crippen LogP contribution in [0.4, 0.5) is 11.4 Å². The van der Waals surface area contributed by atoms with E-state index in [0.29, 0.717) is 18.8 Å². The van der Waals surface area contributed by atoms with E-state index in [2.05, 4.69) is 16.8 Å². The van der Waals surface area contributed by atoms with Crippen molar-refractivity contribution in [3.05, 3.63) is 30.5 Å². The van der Waals surface area contributed by atoms with Crippen LogP contribution in [0.15, 0.2) is 30.5 Å². The highest BCUT2D eigenvalue weighted by Gasteiger charge is 2.26. The van der Waals surface area contributed by atoms with Crippen LogP contribution in [0.3, 0.4) is 0 Å². The van der Waals surface area contributed by atoms with Gasteiger partial charge in [0.1, 0.15) is 0 Å². The molecule has 5 heteroatoms. The summed E-state index contributed by atoms with van der Waals surface area (Å²) >= 11 is 0. The summed E-state index contributed by atoms with van der Waals surface area (Å²) in [5, 5.41) is 10.4. The van der Waals surface area contributed by atoms with E-state index in [1.54, 1.807) is 6.20 Å². The summed E-state index contributed by atoms with van der Waals surface area (Å²) in [4.78, 5) is 6.64. The van der Waals surface area contributed by atoms with Crippen LogP contribution in [0.5, 0.6) is 0 Å². The Bertz CT molecular complexity index is 617. The van der Waals surface area contributed by atoms with Crippen LogP contribution >= 0.6 is 0 Å². The number of anilines is 2. The number of fused-ring (bicyclic) bond motifs is 1. The molecule has 3 N–H and O–H groups in total. The fourth-order valence-corrected chi connectivity index (χ4v) is 2.66. The second-order valence-corrected chi connectivity index (χ2v) is 5.25. The minimum atomic E-state index is -0.136. The van der Waals surface area contributed by atoms with Gasteiger partial charge in [-0.3, -0.25) is 4.98 Å². The van der Waals surface area contributed by atoms with Crippen molar-refractivity contribution < 1.29 is 9.84 Å². The molecule has 1 aliphatic heterocycles. The van der Waals surface area contributed by atoms with Crippen LogP contribution < -0.4 is 10.6 Å². The van der Waals surface area contributed by atoms with Crippen molar-refractivity contribution in [2.45, 2.75) is 19.1 Å². The van der Waals surface area contributed by atoms with Crippen LogP contribution in [0.1, 0.15) is 6.92 Å². The van der Waals surface area contributed by atoms with Crippen LogP contribution in [0.25, 0.3) is 10.9 Å². The average Bonchev–Trinajstić information content (AvgIpc) is 2.47. The summed E-state index contributed by atoms with van der Waals surface area (Å²) in [7, 11) is 0.